The maximum Gasteiger partial charge on any atom is 0.224 e. The molecule has 0 aromatic heterocycles. The Morgan fingerprint density at radius 3 is 2.35 bits per heavy atom. The predicted molar refractivity (Wildman–Crippen MR) is 82.3 cm³/mol. The summed E-state index contributed by atoms with van der Waals surface area (Å²) in [5, 5.41) is 2.95. The minimum atomic E-state index is 0.0582. The molecular weight excluding hydrogens is 248 g/mol. The first kappa shape index (κ1) is 14.1. The number of nitrogens with one attached hydrogen (secondary N) is 1. The topological polar surface area (TPSA) is 55.1 Å². The van der Waals surface area contributed by atoms with Gasteiger partial charge >= 0.3 is 0 Å². The number of amides is 1. The molecule has 3 nitrogen and oxygen atoms in total. The number of anilines is 1. The van der Waals surface area contributed by atoms with Crippen LogP contribution < -0.4 is 11.1 Å². The van der Waals surface area contributed by atoms with Crippen LogP contribution in [0.25, 0.3) is 0 Å². The fourth-order valence-corrected chi connectivity index (χ4v) is 2.05. The van der Waals surface area contributed by atoms with Gasteiger partial charge in [-0.25, -0.2) is 0 Å². The Balaban J connectivity index is 1.66. The Labute approximate surface area is 119 Å². The Hall–Kier alpha value is -2.29. The van der Waals surface area contributed by atoms with Gasteiger partial charge in [-0.1, -0.05) is 42.5 Å². The number of aryl methyl sites for hydroxylation is 1. The average molecular weight is 268 g/mol. The highest BCUT2D eigenvalue weighted by molar-refractivity contribution is 5.78. The van der Waals surface area contributed by atoms with Crippen molar-refractivity contribution in [2.45, 2.75) is 19.3 Å². The lowest BCUT2D eigenvalue weighted by Gasteiger charge is -2.06. The third kappa shape index (κ3) is 4.76. The maximum absolute atomic E-state index is 11.8. The van der Waals surface area contributed by atoms with Gasteiger partial charge in [0.15, 0.2) is 0 Å². The van der Waals surface area contributed by atoms with Gasteiger partial charge in [0.2, 0.25) is 5.91 Å². The summed E-state index contributed by atoms with van der Waals surface area (Å²) in [6, 6.07) is 17.7. The van der Waals surface area contributed by atoms with Gasteiger partial charge in [0.25, 0.3) is 0 Å². The number of nitrogen functional groups attached to an aromatic ring is 1. The van der Waals surface area contributed by atoms with Crippen LogP contribution >= 0.6 is 0 Å². The fraction of sp³-hybridized carbons (Fsp3) is 0.235. The molecule has 0 spiro atoms. The standard InChI is InChI=1S/C17H20N2O/c18-16-10-8-15(9-11-16)13-17(20)19-12-4-7-14-5-2-1-3-6-14/h1-3,5-6,8-11H,4,7,12-13,18H2,(H,19,20). The van der Waals surface area contributed by atoms with Crippen molar-refractivity contribution in [1.29, 1.82) is 0 Å². The molecule has 0 saturated carbocycles. The van der Waals surface area contributed by atoms with Gasteiger partial charge < -0.3 is 11.1 Å². The molecule has 0 aliphatic heterocycles. The molecule has 104 valence electrons. The van der Waals surface area contributed by atoms with Gasteiger partial charge in [0.05, 0.1) is 6.42 Å². The van der Waals surface area contributed by atoms with E-state index in [0.717, 1.165) is 24.1 Å². The zero-order valence-electron chi connectivity index (χ0n) is 11.5. The van der Waals surface area contributed by atoms with Gasteiger partial charge in [-0.15, -0.1) is 0 Å². The van der Waals surface area contributed by atoms with E-state index in [1.807, 2.05) is 42.5 Å². The second-order valence-electron chi connectivity index (χ2n) is 4.86. The number of hydrogen-bond acceptors (Lipinski definition) is 2. The summed E-state index contributed by atoms with van der Waals surface area (Å²) in [4.78, 5) is 11.8. The first-order chi connectivity index (χ1) is 9.74. The van der Waals surface area contributed by atoms with Gasteiger partial charge in [0, 0.05) is 12.2 Å². The molecule has 0 unspecified atom stereocenters. The average Bonchev–Trinajstić information content (AvgIpc) is 2.47. The van der Waals surface area contributed by atoms with Crippen molar-refractivity contribution >= 4 is 11.6 Å². The molecule has 2 rings (SSSR count). The highest BCUT2D eigenvalue weighted by Gasteiger charge is 2.02. The van der Waals surface area contributed by atoms with Gasteiger partial charge in [0.1, 0.15) is 0 Å². The third-order valence-electron chi connectivity index (χ3n) is 3.15. The van der Waals surface area contributed by atoms with E-state index in [4.69, 9.17) is 5.73 Å². The third-order valence-corrected chi connectivity index (χ3v) is 3.15. The quantitative estimate of drug-likeness (QED) is 0.625. The van der Waals surface area contributed by atoms with Crippen molar-refractivity contribution in [3.05, 3.63) is 65.7 Å². The van der Waals surface area contributed by atoms with Crippen LogP contribution in [0.3, 0.4) is 0 Å². The highest BCUT2D eigenvalue weighted by Crippen LogP contribution is 2.06. The second-order valence-corrected chi connectivity index (χ2v) is 4.86. The molecule has 20 heavy (non-hydrogen) atoms. The van der Waals surface area contributed by atoms with Gasteiger partial charge in [-0.2, -0.15) is 0 Å². The molecule has 0 aliphatic carbocycles. The first-order valence-corrected chi connectivity index (χ1v) is 6.89. The zero-order valence-corrected chi connectivity index (χ0v) is 11.5. The van der Waals surface area contributed by atoms with Crippen molar-refractivity contribution in [2.24, 2.45) is 0 Å². The summed E-state index contributed by atoms with van der Waals surface area (Å²) in [5.74, 6) is 0.0582. The second kappa shape index (κ2) is 7.34. The molecule has 2 aromatic carbocycles. The van der Waals surface area contributed by atoms with Crippen LogP contribution in [-0.2, 0) is 17.6 Å². The van der Waals surface area contributed by atoms with E-state index >= 15 is 0 Å². The Morgan fingerprint density at radius 1 is 0.950 bits per heavy atom. The summed E-state index contributed by atoms with van der Waals surface area (Å²) in [7, 11) is 0. The molecule has 3 N–H and O–H groups in total. The minimum Gasteiger partial charge on any atom is -0.399 e. The van der Waals surface area contributed by atoms with Crippen molar-refractivity contribution in [1.82, 2.24) is 5.32 Å². The maximum atomic E-state index is 11.8. The summed E-state index contributed by atoms with van der Waals surface area (Å²) >= 11 is 0. The molecule has 2 aromatic rings. The number of hydrogen-bond donors (Lipinski definition) is 2. The van der Waals surface area contributed by atoms with Crippen LogP contribution in [0.15, 0.2) is 54.6 Å². The molecule has 0 radical (unpaired) electrons. The lowest BCUT2D eigenvalue weighted by atomic mass is 10.1. The van der Waals surface area contributed by atoms with E-state index in [1.165, 1.54) is 5.56 Å². The number of benzene rings is 2. The lowest BCUT2D eigenvalue weighted by molar-refractivity contribution is -0.120. The molecule has 0 bridgehead atoms. The Morgan fingerprint density at radius 2 is 1.65 bits per heavy atom. The monoisotopic (exact) mass is 268 g/mol. The lowest BCUT2D eigenvalue weighted by Crippen LogP contribution is -2.26. The predicted octanol–water partition coefficient (Wildman–Crippen LogP) is 2.56. The molecule has 0 atom stereocenters. The van der Waals surface area contributed by atoms with E-state index < -0.39 is 0 Å². The van der Waals surface area contributed by atoms with Gasteiger partial charge in [-0.05, 0) is 36.1 Å². The van der Waals surface area contributed by atoms with Crippen molar-refractivity contribution in [3.63, 3.8) is 0 Å². The summed E-state index contributed by atoms with van der Waals surface area (Å²) in [6.07, 6.45) is 2.35. The number of nitrogens with two attached hydrogens (primary N) is 1. The molecule has 0 aliphatic rings. The summed E-state index contributed by atoms with van der Waals surface area (Å²) < 4.78 is 0. The minimum absolute atomic E-state index is 0.0582. The van der Waals surface area contributed by atoms with Crippen molar-refractivity contribution in [2.75, 3.05) is 12.3 Å². The van der Waals surface area contributed by atoms with E-state index in [1.54, 1.807) is 0 Å². The molecule has 1 amide bonds. The van der Waals surface area contributed by atoms with Gasteiger partial charge in [-0.3, -0.25) is 4.79 Å². The van der Waals surface area contributed by atoms with Crippen LogP contribution in [0.5, 0.6) is 0 Å². The van der Waals surface area contributed by atoms with Crippen LogP contribution in [0.2, 0.25) is 0 Å². The smallest absolute Gasteiger partial charge is 0.224 e. The van der Waals surface area contributed by atoms with Crippen LogP contribution in [-0.4, -0.2) is 12.5 Å². The van der Waals surface area contributed by atoms with Crippen molar-refractivity contribution < 1.29 is 4.79 Å². The van der Waals surface area contributed by atoms with Crippen LogP contribution in [0.4, 0.5) is 5.69 Å². The highest BCUT2D eigenvalue weighted by atomic mass is 16.1. The number of carbonyl (C=O) groups is 1. The Kier molecular flexibility index (Phi) is 5.18. The largest absolute Gasteiger partial charge is 0.399 e. The molecular formula is C17H20N2O. The molecule has 0 heterocycles. The molecule has 0 fully saturated rings. The normalized spacial score (nSPS) is 10.2. The van der Waals surface area contributed by atoms with E-state index in [2.05, 4.69) is 17.4 Å². The Bertz CT molecular complexity index is 535. The van der Waals surface area contributed by atoms with Crippen LogP contribution in [0.1, 0.15) is 17.5 Å². The fourth-order valence-electron chi connectivity index (χ4n) is 2.05. The number of carbonyl (C=O) groups excluding carboxylic acids is 1. The summed E-state index contributed by atoms with van der Waals surface area (Å²) in [6.45, 7) is 0.711. The SMILES string of the molecule is Nc1ccc(CC(=O)NCCCc2ccccc2)cc1. The van der Waals surface area contributed by atoms with E-state index in [-0.39, 0.29) is 5.91 Å². The van der Waals surface area contributed by atoms with Crippen LogP contribution in [0, 0.1) is 0 Å². The van der Waals surface area contributed by atoms with Crippen molar-refractivity contribution in [3.8, 4) is 0 Å². The van der Waals surface area contributed by atoms with E-state index in [9.17, 15) is 4.79 Å². The molecule has 0 saturated heterocycles. The summed E-state index contributed by atoms with van der Waals surface area (Å²) in [5.41, 5.74) is 8.62. The molecule has 3 heteroatoms. The first-order valence-electron chi connectivity index (χ1n) is 6.89. The van der Waals surface area contributed by atoms with E-state index in [0.29, 0.717) is 13.0 Å². The zero-order chi connectivity index (χ0) is 14.2. The number of rotatable bonds is 6.